The van der Waals surface area contributed by atoms with Crippen molar-refractivity contribution in [2.75, 3.05) is 16.4 Å². The highest BCUT2D eigenvalue weighted by atomic mass is 32.2. The number of hydrogen-bond acceptors (Lipinski definition) is 4. The van der Waals surface area contributed by atoms with Gasteiger partial charge >= 0.3 is 0 Å². The molecule has 7 heteroatoms. The molecule has 0 aliphatic carbocycles. The number of amides is 3. The average molecular weight is 600 g/mol. The van der Waals surface area contributed by atoms with Crippen molar-refractivity contribution in [3.63, 3.8) is 0 Å². The molecule has 0 heterocycles. The van der Waals surface area contributed by atoms with E-state index in [1.54, 1.807) is 42.5 Å². The maximum absolute atomic E-state index is 13.4. The van der Waals surface area contributed by atoms with Crippen molar-refractivity contribution >= 4 is 57.7 Å². The summed E-state index contributed by atoms with van der Waals surface area (Å²) in [4.78, 5) is 39.7. The second kappa shape index (κ2) is 14.4. The number of hydrogen-bond donors (Lipinski definition) is 3. The minimum atomic E-state index is -0.447. The molecule has 0 aliphatic heterocycles. The summed E-state index contributed by atoms with van der Waals surface area (Å²) in [6.07, 6.45) is 1.67. The Hall–Kier alpha value is -5.14. The molecule has 0 saturated heterocycles. The number of benzene rings is 5. The van der Waals surface area contributed by atoms with Crippen LogP contribution in [0.15, 0.2) is 132 Å². The van der Waals surface area contributed by atoms with Gasteiger partial charge in [-0.25, -0.2) is 0 Å². The molecule has 44 heavy (non-hydrogen) atoms. The summed E-state index contributed by atoms with van der Waals surface area (Å²) in [5.41, 5.74) is 3.88. The van der Waals surface area contributed by atoms with Gasteiger partial charge in [0.25, 0.3) is 11.8 Å². The fourth-order valence-electron chi connectivity index (χ4n) is 4.53. The third-order valence-electron chi connectivity index (χ3n) is 6.96. The van der Waals surface area contributed by atoms with E-state index in [4.69, 9.17) is 0 Å². The molecule has 3 N–H and O–H groups in total. The van der Waals surface area contributed by atoms with E-state index in [9.17, 15) is 14.4 Å². The van der Waals surface area contributed by atoms with E-state index in [1.165, 1.54) is 17.3 Å². The van der Waals surface area contributed by atoms with Gasteiger partial charge in [-0.05, 0) is 82.4 Å². The summed E-state index contributed by atoms with van der Waals surface area (Å²) in [6, 6.07) is 37.8. The Morgan fingerprint density at radius 3 is 2.07 bits per heavy atom. The highest BCUT2D eigenvalue weighted by molar-refractivity contribution is 8.00. The van der Waals surface area contributed by atoms with Crippen molar-refractivity contribution in [2.24, 2.45) is 0 Å². The summed E-state index contributed by atoms with van der Waals surface area (Å²) in [6.45, 7) is 4.24. The molecule has 0 spiro atoms. The molecule has 0 saturated carbocycles. The lowest BCUT2D eigenvalue weighted by Gasteiger charge is -2.12. The Morgan fingerprint density at radius 1 is 0.705 bits per heavy atom. The van der Waals surface area contributed by atoms with Crippen LogP contribution in [0.1, 0.15) is 41.3 Å². The van der Waals surface area contributed by atoms with E-state index in [0.717, 1.165) is 26.9 Å². The lowest BCUT2D eigenvalue weighted by Crippen LogP contribution is -2.30. The molecule has 0 atom stereocenters. The lowest BCUT2D eigenvalue weighted by atomic mass is 10.0. The number of nitrogens with one attached hydrogen (secondary N) is 3. The molecule has 3 amide bonds. The van der Waals surface area contributed by atoms with Crippen molar-refractivity contribution in [3.8, 4) is 0 Å². The number of carbonyl (C=O) groups is 3. The monoisotopic (exact) mass is 599 g/mol. The molecule has 5 rings (SSSR count). The van der Waals surface area contributed by atoms with Crippen molar-refractivity contribution in [2.45, 2.75) is 24.7 Å². The molecule has 0 aromatic heterocycles. The Labute approximate surface area is 261 Å². The summed E-state index contributed by atoms with van der Waals surface area (Å²) in [7, 11) is 0. The standard InChI is InChI=1S/C37H33N3O3S/c1-25(2)27-14-12-26(13-15-27)22-34(40-36(42)29-9-4-3-5-10-29)37(43)39-31-18-20-33(21-19-31)44-24-35(41)38-32-17-16-28-8-6-7-11-30(28)23-32/h3-23,25H,24H2,1-2H3,(H,38,41)(H,39,43)(H,40,42)/b34-22-. The van der Waals surface area contributed by atoms with Gasteiger partial charge in [-0.15, -0.1) is 11.8 Å². The zero-order valence-corrected chi connectivity index (χ0v) is 25.4. The predicted molar refractivity (Wildman–Crippen MR) is 181 cm³/mol. The van der Waals surface area contributed by atoms with Gasteiger partial charge in [-0.2, -0.15) is 0 Å². The Morgan fingerprint density at radius 2 is 1.36 bits per heavy atom. The number of thioether (sulfide) groups is 1. The number of rotatable bonds is 10. The van der Waals surface area contributed by atoms with Gasteiger partial charge in [0.1, 0.15) is 5.70 Å². The molecule has 5 aromatic rings. The first kappa shape index (κ1) is 30.3. The molecule has 0 radical (unpaired) electrons. The van der Waals surface area contributed by atoms with Gasteiger partial charge in [0.05, 0.1) is 5.75 Å². The Bertz CT molecular complexity index is 1800. The molecule has 220 valence electrons. The van der Waals surface area contributed by atoms with Gasteiger partial charge in [0, 0.05) is 21.8 Å². The molecular formula is C37H33N3O3S. The minimum Gasteiger partial charge on any atom is -0.325 e. The van der Waals surface area contributed by atoms with Crippen LogP contribution in [0.4, 0.5) is 11.4 Å². The van der Waals surface area contributed by atoms with Crippen LogP contribution in [-0.4, -0.2) is 23.5 Å². The van der Waals surface area contributed by atoms with Gasteiger partial charge < -0.3 is 16.0 Å². The van der Waals surface area contributed by atoms with Gasteiger partial charge in [0.15, 0.2) is 0 Å². The van der Waals surface area contributed by atoms with Crippen LogP contribution in [0.25, 0.3) is 16.8 Å². The van der Waals surface area contributed by atoms with Crippen LogP contribution in [0.3, 0.4) is 0 Å². The summed E-state index contributed by atoms with van der Waals surface area (Å²) in [5.74, 6) is -0.300. The largest absolute Gasteiger partial charge is 0.325 e. The number of carbonyl (C=O) groups excluding carboxylic acids is 3. The van der Waals surface area contributed by atoms with E-state index < -0.39 is 5.91 Å². The molecule has 6 nitrogen and oxygen atoms in total. The van der Waals surface area contributed by atoms with Crippen molar-refractivity contribution < 1.29 is 14.4 Å². The topological polar surface area (TPSA) is 87.3 Å². The molecular weight excluding hydrogens is 566 g/mol. The van der Waals surface area contributed by atoms with Gasteiger partial charge in [0.2, 0.25) is 5.91 Å². The van der Waals surface area contributed by atoms with Crippen LogP contribution in [0.2, 0.25) is 0 Å². The Balaban J connectivity index is 1.22. The van der Waals surface area contributed by atoms with Crippen LogP contribution in [-0.2, 0) is 9.59 Å². The summed E-state index contributed by atoms with van der Waals surface area (Å²) >= 11 is 1.40. The maximum atomic E-state index is 13.4. The van der Waals surface area contributed by atoms with Crippen molar-refractivity contribution in [3.05, 3.63) is 144 Å². The SMILES string of the molecule is CC(C)c1ccc(/C=C(\NC(=O)c2ccccc2)C(=O)Nc2ccc(SCC(=O)Nc3ccc4ccccc4c3)cc2)cc1. The van der Waals surface area contributed by atoms with E-state index in [2.05, 4.69) is 29.8 Å². The number of anilines is 2. The first-order valence-electron chi connectivity index (χ1n) is 14.3. The second-order valence-corrected chi connectivity index (χ2v) is 11.6. The normalized spacial score (nSPS) is 11.3. The minimum absolute atomic E-state index is 0.104. The summed E-state index contributed by atoms with van der Waals surface area (Å²) in [5, 5.41) is 10.8. The quantitative estimate of drug-likeness (QED) is 0.112. The van der Waals surface area contributed by atoms with Crippen LogP contribution in [0, 0.1) is 0 Å². The molecule has 5 aromatic carbocycles. The third-order valence-corrected chi connectivity index (χ3v) is 7.97. The van der Waals surface area contributed by atoms with Crippen LogP contribution in [0.5, 0.6) is 0 Å². The average Bonchev–Trinajstić information content (AvgIpc) is 3.04. The molecule has 0 bridgehead atoms. The third kappa shape index (κ3) is 8.24. The fraction of sp³-hybridized carbons (Fsp3) is 0.108. The van der Waals surface area contributed by atoms with Crippen molar-refractivity contribution in [1.29, 1.82) is 0 Å². The zero-order valence-electron chi connectivity index (χ0n) is 24.5. The highest BCUT2D eigenvalue weighted by Crippen LogP contribution is 2.23. The lowest BCUT2D eigenvalue weighted by molar-refractivity contribution is -0.114. The summed E-state index contributed by atoms with van der Waals surface area (Å²) < 4.78 is 0. The molecule has 0 aliphatic rings. The first-order chi connectivity index (χ1) is 21.3. The Kier molecular flexibility index (Phi) is 9.89. The fourth-order valence-corrected chi connectivity index (χ4v) is 5.23. The smallest absolute Gasteiger partial charge is 0.272 e. The van der Waals surface area contributed by atoms with E-state index in [-0.39, 0.29) is 23.3 Å². The van der Waals surface area contributed by atoms with Crippen LogP contribution >= 0.6 is 11.8 Å². The predicted octanol–water partition coefficient (Wildman–Crippen LogP) is 8.10. The second-order valence-electron chi connectivity index (χ2n) is 10.6. The maximum Gasteiger partial charge on any atom is 0.272 e. The van der Waals surface area contributed by atoms with E-state index >= 15 is 0 Å². The van der Waals surface area contributed by atoms with E-state index in [0.29, 0.717) is 17.2 Å². The van der Waals surface area contributed by atoms with Gasteiger partial charge in [-0.1, -0.05) is 86.6 Å². The first-order valence-corrected chi connectivity index (χ1v) is 15.3. The zero-order chi connectivity index (χ0) is 30.9. The van der Waals surface area contributed by atoms with Crippen molar-refractivity contribution in [1.82, 2.24) is 5.32 Å². The van der Waals surface area contributed by atoms with E-state index in [1.807, 2.05) is 84.9 Å². The number of fused-ring (bicyclic) bond motifs is 1. The van der Waals surface area contributed by atoms with Crippen LogP contribution < -0.4 is 16.0 Å². The molecule has 0 unspecified atom stereocenters. The molecule has 0 fully saturated rings. The van der Waals surface area contributed by atoms with Gasteiger partial charge in [-0.3, -0.25) is 14.4 Å². The highest BCUT2D eigenvalue weighted by Gasteiger charge is 2.15.